The van der Waals surface area contributed by atoms with E-state index in [0.717, 1.165) is 12.8 Å². The summed E-state index contributed by atoms with van der Waals surface area (Å²) >= 11 is 0. The first-order chi connectivity index (χ1) is 10.3. The van der Waals surface area contributed by atoms with Crippen LogP contribution in [0.3, 0.4) is 0 Å². The zero-order valence-electron chi connectivity index (χ0n) is 12.9. The highest BCUT2D eigenvalue weighted by molar-refractivity contribution is 5.76. The fraction of sp³-hybridized carbons (Fsp3) is 0.867. The molecule has 0 saturated carbocycles. The molecular weight excluding hydrogens is 294 g/mol. The molecule has 22 heavy (non-hydrogen) atoms. The van der Waals surface area contributed by atoms with E-state index in [1.54, 1.807) is 6.92 Å². The molecule has 2 rings (SSSR count). The fourth-order valence-electron chi connectivity index (χ4n) is 3.47. The summed E-state index contributed by atoms with van der Waals surface area (Å²) in [4.78, 5) is 26.0. The molecule has 0 spiro atoms. The SMILES string of the molecule is CCC(=O)N1CC(F)(F)C[C@H]1CN1CCC(CC(=O)O)CC1. The van der Waals surface area contributed by atoms with Crippen LogP contribution >= 0.6 is 0 Å². The summed E-state index contributed by atoms with van der Waals surface area (Å²) in [6.45, 7) is 3.11. The van der Waals surface area contributed by atoms with Crippen LogP contribution in [0.5, 0.6) is 0 Å². The molecule has 0 radical (unpaired) electrons. The largest absolute Gasteiger partial charge is 0.481 e. The van der Waals surface area contributed by atoms with E-state index in [0.29, 0.717) is 19.6 Å². The number of carboxylic acid groups (broad SMARTS) is 1. The summed E-state index contributed by atoms with van der Waals surface area (Å²) in [7, 11) is 0. The van der Waals surface area contributed by atoms with E-state index in [-0.39, 0.29) is 31.1 Å². The number of piperidine rings is 1. The number of alkyl halides is 2. The third kappa shape index (κ3) is 4.38. The van der Waals surface area contributed by atoms with Gasteiger partial charge in [0.25, 0.3) is 5.92 Å². The molecule has 1 atom stereocenters. The molecule has 126 valence electrons. The number of amides is 1. The first-order valence-electron chi connectivity index (χ1n) is 7.92. The van der Waals surface area contributed by atoms with E-state index in [1.807, 2.05) is 0 Å². The average molecular weight is 318 g/mol. The van der Waals surface area contributed by atoms with Crippen molar-refractivity contribution in [2.24, 2.45) is 5.92 Å². The Kier molecular flexibility index (Phi) is 5.36. The molecule has 5 nitrogen and oxygen atoms in total. The first-order valence-corrected chi connectivity index (χ1v) is 7.92. The van der Waals surface area contributed by atoms with Crippen molar-refractivity contribution in [2.75, 3.05) is 26.2 Å². The Hall–Kier alpha value is -1.24. The topological polar surface area (TPSA) is 60.9 Å². The molecule has 2 heterocycles. The van der Waals surface area contributed by atoms with E-state index in [4.69, 9.17) is 5.11 Å². The van der Waals surface area contributed by atoms with Crippen molar-refractivity contribution in [3.8, 4) is 0 Å². The van der Waals surface area contributed by atoms with E-state index in [2.05, 4.69) is 4.90 Å². The van der Waals surface area contributed by atoms with Crippen LogP contribution in [0.2, 0.25) is 0 Å². The second-order valence-corrected chi connectivity index (χ2v) is 6.43. The summed E-state index contributed by atoms with van der Waals surface area (Å²) < 4.78 is 27.2. The third-order valence-corrected chi connectivity index (χ3v) is 4.64. The number of aliphatic carboxylic acids is 1. The summed E-state index contributed by atoms with van der Waals surface area (Å²) in [5, 5.41) is 8.80. The first kappa shape index (κ1) is 17.1. The molecule has 0 aliphatic carbocycles. The number of rotatable bonds is 5. The van der Waals surface area contributed by atoms with Gasteiger partial charge >= 0.3 is 5.97 Å². The van der Waals surface area contributed by atoms with Crippen molar-refractivity contribution < 1.29 is 23.5 Å². The number of nitrogens with zero attached hydrogens (tertiary/aromatic N) is 2. The molecule has 0 aromatic heterocycles. The van der Waals surface area contributed by atoms with E-state index >= 15 is 0 Å². The third-order valence-electron chi connectivity index (χ3n) is 4.64. The molecule has 2 saturated heterocycles. The van der Waals surface area contributed by atoms with Crippen molar-refractivity contribution in [3.63, 3.8) is 0 Å². The van der Waals surface area contributed by atoms with Gasteiger partial charge in [0.15, 0.2) is 0 Å². The Labute approximate surface area is 129 Å². The van der Waals surface area contributed by atoms with Crippen LogP contribution in [0.4, 0.5) is 8.78 Å². The number of halogens is 2. The standard InChI is InChI=1S/C15H24F2N2O3/c1-2-13(20)19-10-15(16,17)8-12(19)9-18-5-3-11(4-6-18)7-14(21)22/h11-12H,2-10H2,1H3,(H,21,22)/t12-/m0/s1. The van der Waals surface area contributed by atoms with E-state index < -0.39 is 24.5 Å². The van der Waals surface area contributed by atoms with Crippen LogP contribution in [-0.4, -0.2) is 64.9 Å². The Morgan fingerprint density at radius 1 is 1.27 bits per heavy atom. The molecule has 0 unspecified atom stereocenters. The maximum absolute atomic E-state index is 13.6. The average Bonchev–Trinajstić information content (AvgIpc) is 2.74. The second kappa shape index (κ2) is 6.89. The zero-order chi connectivity index (χ0) is 16.3. The number of carboxylic acids is 1. The predicted octanol–water partition coefficient (Wildman–Crippen LogP) is 1.82. The minimum atomic E-state index is -2.79. The molecule has 2 aliphatic rings. The lowest BCUT2D eigenvalue weighted by Crippen LogP contribution is -2.45. The van der Waals surface area contributed by atoms with Crippen molar-refractivity contribution in [3.05, 3.63) is 0 Å². The van der Waals surface area contributed by atoms with Gasteiger partial charge in [-0.05, 0) is 31.8 Å². The number of carbonyl (C=O) groups is 2. The fourth-order valence-corrected chi connectivity index (χ4v) is 3.47. The van der Waals surface area contributed by atoms with Crippen molar-refractivity contribution >= 4 is 11.9 Å². The molecule has 0 aromatic carbocycles. The maximum atomic E-state index is 13.6. The quantitative estimate of drug-likeness (QED) is 0.840. The maximum Gasteiger partial charge on any atom is 0.303 e. The van der Waals surface area contributed by atoms with Crippen molar-refractivity contribution in [1.29, 1.82) is 0 Å². The van der Waals surface area contributed by atoms with Gasteiger partial charge in [0.05, 0.1) is 12.6 Å². The van der Waals surface area contributed by atoms with Crippen molar-refractivity contribution in [1.82, 2.24) is 9.80 Å². The molecular formula is C15H24F2N2O3. The van der Waals surface area contributed by atoms with Gasteiger partial charge in [-0.3, -0.25) is 9.59 Å². The smallest absolute Gasteiger partial charge is 0.303 e. The van der Waals surface area contributed by atoms with Crippen LogP contribution in [0.15, 0.2) is 0 Å². The number of carbonyl (C=O) groups excluding carboxylic acids is 1. The lowest BCUT2D eigenvalue weighted by molar-refractivity contribution is -0.138. The van der Waals surface area contributed by atoms with Gasteiger partial charge in [0.2, 0.25) is 5.91 Å². The number of likely N-dealkylation sites (tertiary alicyclic amines) is 2. The van der Waals surface area contributed by atoms with Gasteiger partial charge in [0, 0.05) is 25.8 Å². The molecule has 2 fully saturated rings. The molecule has 1 N–H and O–H groups in total. The highest BCUT2D eigenvalue weighted by Crippen LogP contribution is 2.33. The van der Waals surface area contributed by atoms with Gasteiger partial charge in [-0.1, -0.05) is 6.92 Å². The number of hydrogen-bond donors (Lipinski definition) is 1. The molecule has 1 amide bonds. The molecule has 0 bridgehead atoms. The van der Waals surface area contributed by atoms with Crippen LogP contribution in [-0.2, 0) is 9.59 Å². The molecule has 0 aromatic rings. The van der Waals surface area contributed by atoms with Gasteiger partial charge in [-0.25, -0.2) is 8.78 Å². The summed E-state index contributed by atoms with van der Waals surface area (Å²) in [5.41, 5.74) is 0. The lowest BCUT2D eigenvalue weighted by Gasteiger charge is -2.35. The Morgan fingerprint density at radius 3 is 2.45 bits per heavy atom. The van der Waals surface area contributed by atoms with Gasteiger partial charge < -0.3 is 14.9 Å². The minimum Gasteiger partial charge on any atom is -0.481 e. The summed E-state index contributed by atoms with van der Waals surface area (Å²) in [6.07, 6.45) is 1.70. The predicted molar refractivity (Wildman–Crippen MR) is 76.8 cm³/mol. The zero-order valence-corrected chi connectivity index (χ0v) is 12.9. The molecule has 7 heteroatoms. The Bertz CT molecular complexity index is 423. The van der Waals surface area contributed by atoms with E-state index in [1.165, 1.54) is 4.90 Å². The normalized spacial score (nSPS) is 26.3. The Balaban J connectivity index is 1.87. The van der Waals surface area contributed by atoms with Crippen LogP contribution in [0.25, 0.3) is 0 Å². The van der Waals surface area contributed by atoms with Crippen LogP contribution in [0.1, 0.15) is 39.0 Å². The monoisotopic (exact) mass is 318 g/mol. The lowest BCUT2D eigenvalue weighted by atomic mass is 9.93. The number of hydrogen-bond acceptors (Lipinski definition) is 3. The van der Waals surface area contributed by atoms with Crippen LogP contribution in [0, 0.1) is 5.92 Å². The van der Waals surface area contributed by atoms with Crippen LogP contribution < -0.4 is 0 Å². The Morgan fingerprint density at radius 2 is 1.91 bits per heavy atom. The minimum absolute atomic E-state index is 0.173. The van der Waals surface area contributed by atoms with Gasteiger partial charge in [-0.2, -0.15) is 0 Å². The highest BCUT2D eigenvalue weighted by Gasteiger charge is 2.46. The second-order valence-electron chi connectivity index (χ2n) is 6.43. The van der Waals surface area contributed by atoms with Gasteiger partial charge in [-0.15, -0.1) is 0 Å². The summed E-state index contributed by atoms with van der Waals surface area (Å²) in [6, 6.07) is -0.432. The summed E-state index contributed by atoms with van der Waals surface area (Å²) in [5.74, 6) is -3.62. The van der Waals surface area contributed by atoms with Crippen molar-refractivity contribution in [2.45, 2.75) is 51.0 Å². The molecule has 2 aliphatic heterocycles. The van der Waals surface area contributed by atoms with E-state index in [9.17, 15) is 18.4 Å². The highest BCUT2D eigenvalue weighted by atomic mass is 19.3. The van der Waals surface area contributed by atoms with Gasteiger partial charge in [0.1, 0.15) is 0 Å².